The SMILES string of the molecule is c1cnc2c(c1)nc(C1CCCOC1)n2C1CCCCS1. The van der Waals surface area contributed by atoms with Crippen LogP contribution < -0.4 is 0 Å². The molecule has 2 aromatic rings. The van der Waals surface area contributed by atoms with Crippen LogP contribution in [0.4, 0.5) is 0 Å². The second-order valence-corrected chi connectivity index (χ2v) is 7.21. The van der Waals surface area contributed by atoms with E-state index in [1.165, 1.54) is 37.3 Å². The third-order valence-corrected chi connectivity index (χ3v) is 5.80. The lowest BCUT2D eigenvalue weighted by Crippen LogP contribution is -2.22. The van der Waals surface area contributed by atoms with Gasteiger partial charge in [0.05, 0.1) is 12.0 Å². The van der Waals surface area contributed by atoms with Crippen LogP contribution in [-0.2, 0) is 4.74 Å². The van der Waals surface area contributed by atoms with Gasteiger partial charge >= 0.3 is 0 Å². The van der Waals surface area contributed by atoms with E-state index in [0.29, 0.717) is 11.3 Å². The number of fused-ring (bicyclic) bond motifs is 1. The highest BCUT2D eigenvalue weighted by atomic mass is 32.2. The van der Waals surface area contributed by atoms with Gasteiger partial charge in [-0.3, -0.25) is 4.57 Å². The molecule has 0 spiro atoms. The topological polar surface area (TPSA) is 39.9 Å². The molecular weight excluding hydrogens is 282 g/mol. The van der Waals surface area contributed by atoms with Crippen molar-refractivity contribution in [1.82, 2.24) is 14.5 Å². The Bertz CT molecular complexity index is 615. The van der Waals surface area contributed by atoms with E-state index in [0.717, 1.165) is 30.8 Å². The molecule has 5 heteroatoms. The van der Waals surface area contributed by atoms with Crippen molar-refractivity contribution >= 4 is 22.9 Å². The Morgan fingerprint density at radius 3 is 3.05 bits per heavy atom. The highest BCUT2D eigenvalue weighted by Gasteiger charge is 2.28. The summed E-state index contributed by atoms with van der Waals surface area (Å²) in [6.45, 7) is 1.70. The highest BCUT2D eigenvalue weighted by Crippen LogP contribution is 2.39. The van der Waals surface area contributed by atoms with Crippen LogP contribution in [0.25, 0.3) is 11.2 Å². The molecule has 2 fully saturated rings. The molecule has 112 valence electrons. The first kappa shape index (κ1) is 13.6. The molecule has 2 atom stereocenters. The number of aromatic nitrogens is 3. The third-order valence-electron chi connectivity index (χ3n) is 4.45. The monoisotopic (exact) mass is 303 g/mol. The minimum Gasteiger partial charge on any atom is -0.381 e. The summed E-state index contributed by atoms with van der Waals surface area (Å²) >= 11 is 2.06. The fourth-order valence-electron chi connectivity index (χ4n) is 3.39. The zero-order valence-electron chi connectivity index (χ0n) is 12.2. The second-order valence-electron chi connectivity index (χ2n) is 5.92. The molecule has 21 heavy (non-hydrogen) atoms. The largest absolute Gasteiger partial charge is 0.381 e. The molecule has 0 bridgehead atoms. The van der Waals surface area contributed by atoms with E-state index < -0.39 is 0 Å². The molecule has 2 aliphatic heterocycles. The van der Waals surface area contributed by atoms with E-state index in [1.807, 2.05) is 12.3 Å². The van der Waals surface area contributed by atoms with Crippen LogP contribution in [0.3, 0.4) is 0 Å². The maximum atomic E-state index is 5.69. The normalized spacial score (nSPS) is 27.0. The van der Waals surface area contributed by atoms with Crippen molar-refractivity contribution in [2.75, 3.05) is 19.0 Å². The van der Waals surface area contributed by atoms with Gasteiger partial charge in [-0.15, -0.1) is 11.8 Å². The number of nitrogens with zero attached hydrogens (tertiary/aromatic N) is 3. The van der Waals surface area contributed by atoms with Crippen molar-refractivity contribution in [2.24, 2.45) is 0 Å². The van der Waals surface area contributed by atoms with E-state index in [9.17, 15) is 0 Å². The van der Waals surface area contributed by atoms with Crippen LogP contribution >= 0.6 is 11.8 Å². The molecule has 4 heterocycles. The Labute approximate surface area is 129 Å². The lowest BCUT2D eigenvalue weighted by molar-refractivity contribution is 0.0770. The minimum atomic E-state index is 0.426. The van der Waals surface area contributed by atoms with E-state index in [2.05, 4.69) is 27.4 Å². The molecule has 4 rings (SSSR count). The minimum absolute atomic E-state index is 0.426. The average Bonchev–Trinajstić information content (AvgIpc) is 2.96. The summed E-state index contributed by atoms with van der Waals surface area (Å²) in [6, 6.07) is 4.06. The van der Waals surface area contributed by atoms with Crippen molar-refractivity contribution in [1.29, 1.82) is 0 Å². The van der Waals surface area contributed by atoms with Crippen LogP contribution in [0.5, 0.6) is 0 Å². The van der Waals surface area contributed by atoms with Gasteiger partial charge in [0.25, 0.3) is 0 Å². The second kappa shape index (κ2) is 5.97. The summed E-state index contributed by atoms with van der Waals surface area (Å²) in [7, 11) is 0. The molecule has 0 aromatic carbocycles. The first-order valence-corrected chi connectivity index (χ1v) is 9.00. The molecule has 2 unspecified atom stereocenters. The molecule has 2 aliphatic rings. The number of pyridine rings is 1. The molecule has 2 saturated heterocycles. The summed E-state index contributed by atoms with van der Waals surface area (Å²) in [5.41, 5.74) is 2.08. The number of thioether (sulfide) groups is 1. The van der Waals surface area contributed by atoms with Gasteiger partial charge in [0.15, 0.2) is 5.65 Å². The third kappa shape index (κ3) is 2.57. The first-order chi connectivity index (χ1) is 10.4. The Morgan fingerprint density at radius 2 is 2.24 bits per heavy atom. The predicted molar refractivity (Wildman–Crippen MR) is 85.7 cm³/mol. The Balaban J connectivity index is 1.79. The van der Waals surface area contributed by atoms with Crippen molar-refractivity contribution in [2.45, 2.75) is 43.4 Å². The maximum absolute atomic E-state index is 5.69. The van der Waals surface area contributed by atoms with Crippen molar-refractivity contribution < 1.29 is 4.74 Å². The lowest BCUT2D eigenvalue weighted by atomic mass is 10.0. The van der Waals surface area contributed by atoms with Gasteiger partial charge in [-0.05, 0) is 50.0 Å². The van der Waals surface area contributed by atoms with E-state index in [-0.39, 0.29) is 0 Å². The molecule has 0 N–H and O–H groups in total. The van der Waals surface area contributed by atoms with Crippen molar-refractivity contribution in [3.8, 4) is 0 Å². The van der Waals surface area contributed by atoms with Crippen LogP contribution in [0.1, 0.15) is 49.2 Å². The van der Waals surface area contributed by atoms with Crippen LogP contribution in [-0.4, -0.2) is 33.5 Å². The summed E-state index contributed by atoms with van der Waals surface area (Å²) in [5, 5.41) is 0.496. The zero-order chi connectivity index (χ0) is 14.1. The number of imidazole rings is 1. The van der Waals surface area contributed by atoms with Gasteiger partial charge < -0.3 is 4.74 Å². The zero-order valence-corrected chi connectivity index (χ0v) is 13.0. The molecule has 0 aliphatic carbocycles. The highest BCUT2D eigenvalue weighted by molar-refractivity contribution is 7.99. The number of rotatable bonds is 2. The average molecular weight is 303 g/mol. The predicted octanol–water partition coefficient (Wildman–Crippen LogP) is 3.74. The molecule has 0 saturated carbocycles. The van der Waals surface area contributed by atoms with Crippen molar-refractivity contribution in [3.63, 3.8) is 0 Å². The van der Waals surface area contributed by atoms with Crippen LogP contribution in [0, 0.1) is 0 Å². The smallest absolute Gasteiger partial charge is 0.160 e. The molecule has 0 amide bonds. The van der Waals surface area contributed by atoms with E-state index >= 15 is 0 Å². The summed E-state index contributed by atoms with van der Waals surface area (Å²) in [6.07, 6.45) is 8.08. The first-order valence-electron chi connectivity index (χ1n) is 7.95. The molecular formula is C16H21N3OS. The van der Waals surface area contributed by atoms with Crippen LogP contribution in [0.15, 0.2) is 18.3 Å². The Morgan fingerprint density at radius 1 is 1.24 bits per heavy atom. The van der Waals surface area contributed by atoms with Gasteiger partial charge in [-0.25, -0.2) is 9.97 Å². The van der Waals surface area contributed by atoms with Gasteiger partial charge in [-0.1, -0.05) is 0 Å². The summed E-state index contributed by atoms with van der Waals surface area (Å²) in [4.78, 5) is 9.54. The van der Waals surface area contributed by atoms with E-state index in [1.54, 1.807) is 0 Å². The standard InChI is InChI=1S/C16H21N3OS/c1-2-10-21-14(7-1)19-15(12-5-4-9-20-11-12)18-13-6-3-8-17-16(13)19/h3,6,8,12,14H,1-2,4-5,7,9-11H2. The van der Waals surface area contributed by atoms with Gasteiger partial charge in [0, 0.05) is 18.7 Å². The fourth-order valence-corrected chi connectivity index (χ4v) is 4.72. The van der Waals surface area contributed by atoms with Gasteiger partial charge in [-0.2, -0.15) is 0 Å². The fraction of sp³-hybridized carbons (Fsp3) is 0.625. The Hall–Kier alpha value is -1.07. The summed E-state index contributed by atoms with van der Waals surface area (Å²) in [5.74, 6) is 2.87. The molecule has 2 aromatic heterocycles. The quantitative estimate of drug-likeness (QED) is 0.847. The lowest BCUT2D eigenvalue weighted by Gasteiger charge is -2.28. The van der Waals surface area contributed by atoms with Gasteiger partial charge in [0.1, 0.15) is 11.3 Å². The molecule has 4 nitrogen and oxygen atoms in total. The van der Waals surface area contributed by atoms with Crippen molar-refractivity contribution in [3.05, 3.63) is 24.2 Å². The Kier molecular flexibility index (Phi) is 3.86. The van der Waals surface area contributed by atoms with E-state index in [4.69, 9.17) is 9.72 Å². The summed E-state index contributed by atoms with van der Waals surface area (Å²) < 4.78 is 8.11. The van der Waals surface area contributed by atoms with Crippen LogP contribution in [0.2, 0.25) is 0 Å². The number of hydrogen-bond donors (Lipinski definition) is 0. The maximum Gasteiger partial charge on any atom is 0.160 e. The number of hydrogen-bond acceptors (Lipinski definition) is 4. The van der Waals surface area contributed by atoms with Gasteiger partial charge in [0.2, 0.25) is 0 Å². The molecule has 0 radical (unpaired) electrons. The number of ether oxygens (including phenoxy) is 1.